The SMILES string of the molecule is Cc1cc(NC(=O)Oc2ccccc2)n(-c2cc(C)c3cccc(C)c3n2)n1. The first-order valence-corrected chi connectivity index (χ1v) is 8.99. The van der Waals surface area contributed by atoms with Gasteiger partial charge >= 0.3 is 6.09 Å². The van der Waals surface area contributed by atoms with E-state index in [0.29, 0.717) is 17.4 Å². The summed E-state index contributed by atoms with van der Waals surface area (Å²) >= 11 is 0. The van der Waals surface area contributed by atoms with Crippen LogP contribution < -0.4 is 10.1 Å². The zero-order chi connectivity index (χ0) is 19.7. The minimum atomic E-state index is -0.582. The lowest BCUT2D eigenvalue weighted by Gasteiger charge is -2.11. The molecule has 28 heavy (non-hydrogen) atoms. The number of hydrogen-bond acceptors (Lipinski definition) is 4. The minimum Gasteiger partial charge on any atom is -0.410 e. The standard InChI is InChI=1S/C22H20N4O2/c1-14-8-7-11-18-15(2)12-19(23-21(14)18)26-20(13-16(3)25-26)24-22(27)28-17-9-5-4-6-10-17/h4-13H,1-3H3,(H,24,27). The average Bonchev–Trinajstić information content (AvgIpc) is 3.03. The quantitative estimate of drug-likeness (QED) is 0.552. The summed E-state index contributed by atoms with van der Waals surface area (Å²) in [6.07, 6.45) is -0.582. The van der Waals surface area contributed by atoms with Crippen LogP contribution in [0.3, 0.4) is 0 Å². The number of nitrogens with zero attached hydrogens (tertiary/aromatic N) is 3. The highest BCUT2D eigenvalue weighted by atomic mass is 16.6. The zero-order valence-corrected chi connectivity index (χ0v) is 15.9. The minimum absolute atomic E-state index is 0.470. The van der Waals surface area contributed by atoms with Gasteiger partial charge in [-0.05, 0) is 50.1 Å². The number of aromatic nitrogens is 3. The van der Waals surface area contributed by atoms with E-state index in [1.165, 1.54) is 0 Å². The van der Waals surface area contributed by atoms with Crippen LogP contribution in [0.5, 0.6) is 5.75 Å². The fourth-order valence-electron chi connectivity index (χ4n) is 3.14. The summed E-state index contributed by atoms with van der Waals surface area (Å²) in [5.41, 5.74) is 3.86. The number of hydrogen-bond donors (Lipinski definition) is 1. The van der Waals surface area contributed by atoms with Gasteiger partial charge in [0.05, 0.1) is 11.2 Å². The molecule has 2 aromatic heterocycles. The van der Waals surface area contributed by atoms with Crippen LogP contribution in [0.1, 0.15) is 16.8 Å². The predicted octanol–water partition coefficient (Wildman–Crippen LogP) is 4.96. The van der Waals surface area contributed by atoms with E-state index >= 15 is 0 Å². The molecule has 0 bridgehead atoms. The molecule has 0 saturated heterocycles. The molecule has 4 aromatic rings. The van der Waals surface area contributed by atoms with Crippen LogP contribution in [-0.4, -0.2) is 20.9 Å². The van der Waals surface area contributed by atoms with Gasteiger partial charge in [-0.25, -0.2) is 9.78 Å². The Balaban J connectivity index is 1.69. The summed E-state index contributed by atoms with van der Waals surface area (Å²) in [5.74, 6) is 1.61. The predicted molar refractivity (Wildman–Crippen MR) is 109 cm³/mol. The van der Waals surface area contributed by atoms with Crippen molar-refractivity contribution >= 4 is 22.8 Å². The number of rotatable bonds is 3. The van der Waals surface area contributed by atoms with Gasteiger partial charge in [0.1, 0.15) is 11.6 Å². The molecule has 0 aliphatic rings. The topological polar surface area (TPSA) is 69.0 Å². The largest absolute Gasteiger partial charge is 0.418 e. The second-order valence-electron chi connectivity index (χ2n) is 6.68. The summed E-state index contributed by atoms with van der Waals surface area (Å²) in [7, 11) is 0. The lowest BCUT2D eigenvalue weighted by atomic mass is 10.1. The molecule has 1 amide bonds. The molecule has 0 spiro atoms. The smallest absolute Gasteiger partial charge is 0.410 e. The number of ether oxygens (including phenoxy) is 1. The monoisotopic (exact) mass is 372 g/mol. The van der Waals surface area contributed by atoms with Crippen LogP contribution in [0.15, 0.2) is 60.7 Å². The van der Waals surface area contributed by atoms with E-state index in [4.69, 9.17) is 9.72 Å². The highest BCUT2D eigenvalue weighted by Gasteiger charge is 2.15. The van der Waals surface area contributed by atoms with E-state index in [2.05, 4.69) is 16.5 Å². The molecule has 6 nitrogen and oxygen atoms in total. The Labute approximate surface area is 162 Å². The van der Waals surface area contributed by atoms with Gasteiger partial charge in [-0.3, -0.25) is 5.32 Å². The van der Waals surface area contributed by atoms with Crippen LogP contribution in [-0.2, 0) is 0 Å². The van der Waals surface area contributed by atoms with Gasteiger partial charge < -0.3 is 4.74 Å². The molecule has 0 unspecified atom stereocenters. The maximum absolute atomic E-state index is 12.3. The molecule has 2 aromatic carbocycles. The summed E-state index contributed by atoms with van der Waals surface area (Å²) in [5, 5.41) is 8.36. The van der Waals surface area contributed by atoms with Gasteiger partial charge in [-0.2, -0.15) is 9.78 Å². The summed E-state index contributed by atoms with van der Waals surface area (Å²) in [6, 6.07) is 18.8. The van der Waals surface area contributed by atoms with E-state index in [1.807, 2.05) is 45.0 Å². The Morgan fingerprint density at radius 2 is 1.75 bits per heavy atom. The molecule has 4 rings (SSSR count). The van der Waals surface area contributed by atoms with Crippen LogP contribution in [0.2, 0.25) is 0 Å². The first kappa shape index (κ1) is 17.7. The van der Waals surface area contributed by atoms with E-state index in [-0.39, 0.29) is 0 Å². The number of amides is 1. The zero-order valence-electron chi connectivity index (χ0n) is 15.9. The van der Waals surface area contributed by atoms with Crippen molar-refractivity contribution in [2.75, 3.05) is 5.32 Å². The number of pyridine rings is 1. The summed E-state index contributed by atoms with van der Waals surface area (Å²) in [6.45, 7) is 5.94. The van der Waals surface area contributed by atoms with Crippen LogP contribution >= 0.6 is 0 Å². The number of carbonyl (C=O) groups is 1. The first-order chi connectivity index (χ1) is 13.5. The van der Waals surface area contributed by atoms with Crippen molar-refractivity contribution in [2.45, 2.75) is 20.8 Å². The summed E-state index contributed by atoms with van der Waals surface area (Å²) < 4.78 is 6.95. The lowest BCUT2D eigenvalue weighted by Crippen LogP contribution is -2.19. The van der Waals surface area contributed by atoms with Gasteiger partial charge in [0, 0.05) is 11.5 Å². The van der Waals surface area contributed by atoms with E-state index in [1.54, 1.807) is 35.0 Å². The molecule has 0 fully saturated rings. The number of aryl methyl sites for hydroxylation is 3. The Bertz CT molecular complexity index is 1170. The molecule has 0 aliphatic heterocycles. The molecule has 0 atom stereocenters. The second kappa shape index (κ2) is 7.15. The Morgan fingerprint density at radius 1 is 0.964 bits per heavy atom. The third-order valence-electron chi connectivity index (χ3n) is 4.47. The van der Waals surface area contributed by atoms with Crippen molar-refractivity contribution < 1.29 is 9.53 Å². The second-order valence-corrected chi connectivity index (χ2v) is 6.68. The van der Waals surface area contributed by atoms with Gasteiger partial charge in [-0.1, -0.05) is 36.4 Å². The number of anilines is 1. The normalized spacial score (nSPS) is 10.8. The van der Waals surface area contributed by atoms with Crippen molar-refractivity contribution in [2.24, 2.45) is 0 Å². The molecule has 6 heteroatoms. The highest BCUT2D eigenvalue weighted by Crippen LogP contribution is 2.24. The number of carbonyl (C=O) groups excluding carboxylic acids is 1. The number of benzene rings is 2. The molecular formula is C22H20N4O2. The van der Waals surface area contributed by atoms with Crippen molar-refractivity contribution in [1.82, 2.24) is 14.8 Å². The van der Waals surface area contributed by atoms with Crippen molar-refractivity contribution in [3.05, 3.63) is 77.5 Å². The Hall–Kier alpha value is -3.67. The average molecular weight is 372 g/mol. The van der Waals surface area contributed by atoms with Gasteiger partial charge in [0.15, 0.2) is 5.82 Å². The molecular weight excluding hydrogens is 352 g/mol. The van der Waals surface area contributed by atoms with Gasteiger partial charge in [0.25, 0.3) is 0 Å². The van der Waals surface area contributed by atoms with Crippen molar-refractivity contribution in [3.63, 3.8) is 0 Å². The van der Waals surface area contributed by atoms with E-state index in [9.17, 15) is 4.79 Å². The molecule has 1 N–H and O–H groups in total. The summed E-state index contributed by atoms with van der Waals surface area (Å²) in [4.78, 5) is 17.1. The molecule has 140 valence electrons. The first-order valence-electron chi connectivity index (χ1n) is 8.99. The lowest BCUT2D eigenvalue weighted by molar-refractivity contribution is 0.215. The van der Waals surface area contributed by atoms with Crippen LogP contribution in [0, 0.1) is 20.8 Å². The molecule has 2 heterocycles. The Morgan fingerprint density at radius 3 is 2.54 bits per heavy atom. The van der Waals surface area contributed by atoms with Gasteiger partial charge in [0.2, 0.25) is 0 Å². The molecule has 0 aliphatic carbocycles. The fraction of sp³-hybridized carbons (Fsp3) is 0.136. The van der Waals surface area contributed by atoms with Crippen molar-refractivity contribution in [3.8, 4) is 11.6 Å². The van der Waals surface area contributed by atoms with E-state index in [0.717, 1.165) is 27.7 Å². The van der Waals surface area contributed by atoms with Gasteiger partial charge in [-0.15, -0.1) is 0 Å². The molecule has 0 radical (unpaired) electrons. The highest BCUT2D eigenvalue weighted by molar-refractivity contribution is 5.87. The van der Waals surface area contributed by atoms with Crippen LogP contribution in [0.4, 0.5) is 10.6 Å². The maximum Gasteiger partial charge on any atom is 0.418 e. The number of fused-ring (bicyclic) bond motifs is 1. The Kier molecular flexibility index (Phi) is 4.53. The molecule has 0 saturated carbocycles. The number of nitrogens with one attached hydrogen (secondary N) is 1. The fourth-order valence-corrected chi connectivity index (χ4v) is 3.14. The maximum atomic E-state index is 12.3. The van der Waals surface area contributed by atoms with E-state index < -0.39 is 6.09 Å². The third-order valence-corrected chi connectivity index (χ3v) is 4.47. The van der Waals surface area contributed by atoms with Crippen molar-refractivity contribution in [1.29, 1.82) is 0 Å². The third kappa shape index (κ3) is 3.44. The van der Waals surface area contributed by atoms with Crippen LogP contribution in [0.25, 0.3) is 16.7 Å². The number of para-hydroxylation sites is 2.